The van der Waals surface area contributed by atoms with Crippen molar-refractivity contribution in [1.29, 1.82) is 0 Å². The predicted molar refractivity (Wildman–Crippen MR) is 80.7 cm³/mol. The van der Waals surface area contributed by atoms with Crippen LogP contribution in [0.1, 0.15) is 24.4 Å². The molecule has 2 rings (SSSR count). The van der Waals surface area contributed by atoms with Crippen molar-refractivity contribution in [3.63, 3.8) is 0 Å². The van der Waals surface area contributed by atoms with Crippen molar-refractivity contribution < 1.29 is 14.3 Å². The smallest absolute Gasteiger partial charge is 0.246 e. The molecule has 0 radical (unpaired) electrons. The van der Waals surface area contributed by atoms with E-state index in [4.69, 9.17) is 16.2 Å². The predicted octanol–water partition coefficient (Wildman–Crippen LogP) is 0.257. The highest BCUT2D eigenvalue weighted by Gasteiger charge is 2.29. The molecule has 1 heterocycles. The van der Waals surface area contributed by atoms with E-state index in [1.165, 1.54) is 0 Å². The van der Waals surface area contributed by atoms with E-state index in [0.29, 0.717) is 19.4 Å². The number of carbonyl (C=O) groups excluding carboxylic acids is 2. The summed E-state index contributed by atoms with van der Waals surface area (Å²) >= 11 is 0. The SMILES string of the molecule is Cl.NC(=O)C1CCC(CNC(=O)C(N)c2ccccc2)O1. The van der Waals surface area contributed by atoms with Crippen molar-refractivity contribution in [2.24, 2.45) is 11.5 Å². The molecular weight excluding hydrogens is 294 g/mol. The molecule has 116 valence electrons. The van der Waals surface area contributed by atoms with Crippen LogP contribution in [0.3, 0.4) is 0 Å². The molecule has 1 aromatic rings. The lowest BCUT2D eigenvalue weighted by Crippen LogP contribution is -2.39. The van der Waals surface area contributed by atoms with Crippen molar-refractivity contribution in [3.8, 4) is 0 Å². The second kappa shape index (κ2) is 7.97. The Morgan fingerprint density at radius 1 is 1.29 bits per heavy atom. The Morgan fingerprint density at radius 3 is 2.52 bits per heavy atom. The van der Waals surface area contributed by atoms with Crippen LogP contribution in [-0.2, 0) is 14.3 Å². The van der Waals surface area contributed by atoms with Crippen LogP contribution < -0.4 is 16.8 Å². The minimum Gasteiger partial charge on any atom is -0.367 e. The number of ether oxygens (including phenoxy) is 1. The van der Waals surface area contributed by atoms with E-state index in [2.05, 4.69) is 5.32 Å². The number of rotatable bonds is 5. The van der Waals surface area contributed by atoms with Gasteiger partial charge in [-0.3, -0.25) is 9.59 Å². The lowest BCUT2D eigenvalue weighted by atomic mass is 10.1. The zero-order valence-corrected chi connectivity index (χ0v) is 12.3. The summed E-state index contributed by atoms with van der Waals surface area (Å²) in [4.78, 5) is 22.9. The van der Waals surface area contributed by atoms with Gasteiger partial charge in [-0.25, -0.2) is 0 Å². The van der Waals surface area contributed by atoms with Gasteiger partial charge in [0.15, 0.2) is 0 Å². The first-order chi connectivity index (χ1) is 9.58. The van der Waals surface area contributed by atoms with Gasteiger partial charge in [0.2, 0.25) is 11.8 Å². The number of nitrogens with two attached hydrogens (primary N) is 2. The van der Waals surface area contributed by atoms with Gasteiger partial charge in [0, 0.05) is 6.54 Å². The van der Waals surface area contributed by atoms with Crippen molar-refractivity contribution in [3.05, 3.63) is 35.9 Å². The first-order valence-corrected chi connectivity index (χ1v) is 6.61. The maximum absolute atomic E-state index is 11.9. The standard InChI is InChI=1S/C14H19N3O3.ClH/c15-12(9-4-2-1-3-5-9)14(19)17-8-10-6-7-11(20-10)13(16)18;/h1-5,10-12H,6-8,15H2,(H2,16,18)(H,17,19);1H. The minimum absolute atomic E-state index is 0. The fraction of sp³-hybridized carbons (Fsp3) is 0.429. The number of nitrogens with one attached hydrogen (secondary N) is 1. The molecule has 0 aromatic heterocycles. The fourth-order valence-electron chi connectivity index (χ4n) is 2.20. The summed E-state index contributed by atoms with van der Waals surface area (Å²) in [6, 6.07) is 8.44. The summed E-state index contributed by atoms with van der Waals surface area (Å²) in [5, 5.41) is 2.74. The van der Waals surface area contributed by atoms with Crippen molar-refractivity contribution in [2.75, 3.05) is 6.54 Å². The molecule has 6 nitrogen and oxygen atoms in total. The Balaban J connectivity index is 0.00000220. The lowest BCUT2D eigenvalue weighted by molar-refractivity contribution is -0.128. The maximum Gasteiger partial charge on any atom is 0.246 e. The topological polar surface area (TPSA) is 107 Å². The highest BCUT2D eigenvalue weighted by atomic mass is 35.5. The van der Waals surface area contributed by atoms with Gasteiger partial charge in [0.05, 0.1) is 6.10 Å². The molecule has 0 aliphatic carbocycles. The third kappa shape index (κ3) is 4.70. The third-order valence-corrected chi connectivity index (χ3v) is 3.37. The summed E-state index contributed by atoms with van der Waals surface area (Å²) in [7, 11) is 0. The molecule has 1 aliphatic rings. The van der Waals surface area contributed by atoms with E-state index < -0.39 is 18.1 Å². The molecule has 1 saturated heterocycles. The zero-order valence-electron chi connectivity index (χ0n) is 11.5. The molecule has 1 fully saturated rings. The molecule has 0 saturated carbocycles. The molecule has 5 N–H and O–H groups in total. The summed E-state index contributed by atoms with van der Waals surface area (Å²) in [5.41, 5.74) is 11.8. The maximum atomic E-state index is 11.9. The summed E-state index contributed by atoms with van der Waals surface area (Å²) < 4.78 is 5.43. The highest BCUT2D eigenvalue weighted by Crippen LogP contribution is 2.19. The first-order valence-electron chi connectivity index (χ1n) is 6.61. The number of carbonyl (C=O) groups is 2. The molecule has 21 heavy (non-hydrogen) atoms. The second-order valence-corrected chi connectivity index (χ2v) is 4.86. The fourth-order valence-corrected chi connectivity index (χ4v) is 2.20. The summed E-state index contributed by atoms with van der Waals surface area (Å²) in [6.45, 7) is 0.336. The minimum atomic E-state index is -0.704. The van der Waals surface area contributed by atoms with Crippen LogP contribution in [0.5, 0.6) is 0 Å². The Bertz CT molecular complexity index is 484. The normalized spacial score (nSPS) is 22.1. The zero-order chi connectivity index (χ0) is 14.5. The number of hydrogen-bond donors (Lipinski definition) is 3. The van der Waals surface area contributed by atoms with Crippen LogP contribution in [0.25, 0.3) is 0 Å². The lowest BCUT2D eigenvalue weighted by Gasteiger charge is -2.16. The third-order valence-electron chi connectivity index (χ3n) is 3.37. The molecule has 3 unspecified atom stereocenters. The molecule has 1 aromatic carbocycles. The largest absolute Gasteiger partial charge is 0.367 e. The Kier molecular flexibility index (Phi) is 6.61. The van der Waals surface area contributed by atoms with Crippen molar-refractivity contribution >= 4 is 24.2 Å². The highest BCUT2D eigenvalue weighted by molar-refractivity contribution is 5.85. The molecule has 2 amide bonds. The van der Waals surface area contributed by atoms with Gasteiger partial charge in [0.25, 0.3) is 0 Å². The number of amides is 2. The van der Waals surface area contributed by atoms with Gasteiger partial charge < -0.3 is 21.5 Å². The molecular formula is C14H20ClN3O3. The van der Waals surface area contributed by atoms with Gasteiger partial charge in [0.1, 0.15) is 12.1 Å². The van der Waals surface area contributed by atoms with Gasteiger partial charge in [-0.1, -0.05) is 30.3 Å². The van der Waals surface area contributed by atoms with Gasteiger partial charge in [-0.05, 0) is 18.4 Å². The monoisotopic (exact) mass is 313 g/mol. The Hall–Kier alpha value is -1.63. The average molecular weight is 314 g/mol. The van der Waals surface area contributed by atoms with Crippen LogP contribution in [0, 0.1) is 0 Å². The van der Waals surface area contributed by atoms with E-state index in [1.807, 2.05) is 18.2 Å². The number of primary amides is 1. The number of benzene rings is 1. The molecule has 0 spiro atoms. The molecule has 1 aliphatic heterocycles. The number of halogens is 1. The van der Waals surface area contributed by atoms with Crippen LogP contribution in [0.15, 0.2) is 30.3 Å². The Labute approximate surface area is 129 Å². The van der Waals surface area contributed by atoms with E-state index in [1.54, 1.807) is 12.1 Å². The van der Waals surface area contributed by atoms with Crippen LogP contribution >= 0.6 is 12.4 Å². The van der Waals surface area contributed by atoms with Crippen LogP contribution in [-0.4, -0.2) is 30.6 Å². The second-order valence-electron chi connectivity index (χ2n) is 4.86. The number of hydrogen-bond acceptors (Lipinski definition) is 4. The first kappa shape index (κ1) is 17.4. The van der Waals surface area contributed by atoms with E-state index in [-0.39, 0.29) is 24.4 Å². The van der Waals surface area contributed by atoms with E-state index >= 15 is 0 Å². The van der Waals surface area contributed by atoms with Crippen molar-refractivity contribution in [2.45, 2.75) is 31.1 Å². The van der Waals surface area contributed by atoms with Crippen LogP contribution in [0.2, 0.25) is 0 Å². The molecule has 0 bridgehead atoms. The van der Waals surface area contributed by atoms with Crippen molar-refractivity contribution in [1.82, 2.24) is 5.32 Å². The van der Waals surface area contributed by atoms with Gasteiger partial charge >= 0.3 is 0 Å². The summed E-state index contributed by atoms with van der Waals surface area (Å²) in [6.07, 6.45) is 0.578. The van der Waals surface area contributed by atoms with Gasteiger partial charge in [-0.15, -0.1) is 12.4 Å². The quantitative estimate of drug-likeness (QED) is 0.724. The molecule has 7 heteroatoms. The van der Waals surface area contributed by atoms with Crippen LogP contribution in [0.4, 0.5) is 0 Å². The van der Waals surface area contributed by atoms with E-state index in [0.717, 1.165) is 5.56 Å². The Morgan fingerprint density at radius 2 is 1.95 bits per heavy atom. The van der Waals surface area contributed by atoms with Gasteiger partial charge in [-0.2, -0.15) is 0 Å². The average Bonchev–Trinajstić information content (AvgIpc) is 2.94. The molecule has 3 atom stereocenters. The van der Waals surface area contributed by atoms with E-state index in [9.17, 15) is 9.59 Å². The summed E-state index contributed by atoms with van der Waals surface area (Å²) in [5.74, 6) is -0.720.